The number of imidazole rings is 1. The molecule has 5 rings (SSSR count). The minimum Gasteiger partial charge on any atom is -0.409 e. The molecule has 10 nitrogen and oxygen atoms in total. The second kappa shape index (κ2) is 15.5. The highest BCUT2D eigenvalue weighted by atomic mass is 16.6. The van der Waals surface area contributed by atoms with E-state index in [2.05, 4.69) is 44.6 Å². The van der Waals surface area contributed by atoms with Crippen molar-refractivity contribution in [2.45, 2.75) is 45.1 Å². The number of nitrogens with one attached hydrogen (secondary N) is 3. The molecule has 1 saturated heterocycles. The number of carbonyl (C=O) groups excluding carboxylic acids is 1. The van der Waals surface area contributed by atoms with E-state index in [9.17, 15) is 4.79 Å². The van der Waals surface area contributed by atoms with E-state index in [1.165, 1.54) is 11.1 Å². The number of fused-ring (bicyclic) bond motifs is 1. The highest BCUT2D eigenvalue weighted by Gasteiger charge is 2.28. The molecule has 232 valence electrons. The van der Waals surface area contributed by atoms with Gasteiger partial charge in [0, 0.05) is 63.5 Å². The lowest BCUT2D eigenvalue weighted by molar-refractivity contribution is 0.0333. The van der Waals surface area contributed by atoms with Crippen LogP contribution < -0.4 is 15.9 Å². The first-order chi connectivity index (χ1) is 21.5. The smallest absolute Gasteiger partial charge is 0.409 e. The van der Waals surface area contributed by atoms with Gasteiger partial charge in [-0.05, 0) is 55.9 Å². The van der Waals surface area contributed by atoms with Gasteiger partial charge in [-0.15, -0.1) is 0 Å². The monoisotopic (exact) mass is 597 g/mol. The van der Waals surface area contributed by atoms with Crippen LogP contribution in [0.5, 0.6) is 5.75 Å². The van der Waals surface area contributed by atoms with Gasteiger partial charge >= 0.3 is 6.09 Å². The lowest BCUT2D eigenvalue weighted by Gasteiger charge is -2.41. The lowest BCUT2D eigenvalue weighted by Crippen LogP contribution is -2.60. The third-order valence-electron chi connectivity index (χ3n) is 8.01. The molecule has 1 amide bonds. The molecular weight excluding hydrogens is 554 g/mol. The lowest BCUT2D eigenvalue weighted by atomic mass is 10.0. The van der Waals surface area contributed by atoms with Crippen molar-refractivity contribution < 1.29 is 14.3 Å². The van der Waals surface area contributed by atoms with Crippen LogP contribution in [0.3, 0.4) is 0 Å². The van der Waals surface area contributed by atoms with Crippen LogP contribution in [-0.2, 0) is 24.0 Å². The number of hydrogen-bond donors (Lipinski definition) is 4. The topological polar surface area (TPSA) is 133 Å². The summed E-state index contributed by atoms with van der Waals surface area (Å²) in [6.07, 6.45) is 3.86. The van der Waals surface area contributed by atoms with E-state index < -0.39 is 6.09 Å². The normalized spacial score (nSPS) is 15.8. The number of aryl methyl sites for hydroxylation is 2. The third-order valence-corrected chi connectivity index (χ3v) is 8.01. The maximum absolute atomic E-state index is 13.1. The zero-order chi connectivity index (χ0) is 30.7. The molecule has 1 atom stereocenters. The van der Waals surface area contributed by atoms with Crippen molar-refractivity contribution in [1.82, 2.24) is 25.3 Å². The van der Waals surface area contributed by atoms with E-state index >= 15 is 0 Å². The molecule has 0 aliphatic carbocycles. The predicted molar refractivity (Wildman–Crippen MR) is 173 cm³/mol. The van der Waals surface area contributed by atoms with Gasteiger partial charge in [0.15, 0.2) is 0 Å². The van der Waals surface area contributed by atoms with Gasteiger partial charge in [-0.2, -0.15) is 0 Å². The van der Waals surface area contributed by atoms with Gasteiger partial charge in [0.1, 0.15) is 17.4 Å². The molecule has 1 aliphatic rings. The number of ether oxygens (including phenoxy) is 2. The minimum absolute atomic E-state index is 0.0661. The Hall–Kier alpha value is -4.25. The second-order valence-electron chi connectivity index (χ2n) is 11.2. The number of hydrazine groups is 1. The SMILES string of the molecule is CCOCCCc1nc2ccc(OC(=O)NN3CCN(CCc4ccccc4)CC3CCc3ccc(C(=N)N)cc3)cc2[nH]1. The van der Waals surface area contributed by atoms with Crippen molar-refractivity contribution in [3.63, 3.8) is 0 Å². The third kappa shape index (κ3) is 8.89. The predicted octanol–water partition coefficient (Wildman–Crippen LogP) is 4.68. The summed E-state index contributed by atoms with van der Waals surface area (Å²) in [5.41, 5.74) is 13.5. The molecule has 2 heterocycles. The van der Waals surface area contributed by atoms with Crippen LogP contribution in [0, 0.1) is 5.41 Å². The summed E-state index contributed by atoms with van der Waals surface area (Å²) in [4.78, 5) is 23.5. The average Bonchev–Trinajstić information content (AvgIpc) is 3.44. The number of rotatable bonds is 14. The van der Waals surface area contributed by atoms with Gasteiger partial charge in [0.05, 0.1) is 11.0 Å². The molecule has 3 aromatic carbocycles. The van der Waals surface area contributed by atoms with Gasteiger partial charge in [-0.1, -0.05) is 54.6 Å². The molecule has 5 N–H and O–H groups in total. The number of nitrogen functional groups attached to an aromatic ring is 1. The first-order valence-corrected chi connectivity index (χ1v) is 15.5. The first kappa shape index (κ1) is 31.2. The van der Waals surface area contributed by atoms with Gasteiger partial charge in [-0.3, -0.25) is 10.8 Å². The van der Waals surface area contributed by atoms with Gasteiger partial charge in [0.25, 0.3) is 0 Å². The Balaban J connectivity index is 1.19. The van der Waals surface area contributed by atoms with Crippen molar-refractivity contribution >= 4 is 23.0 Å². The van der Waals surface area contributed by atoms with E-state index in [0.29, 0.717) is 25.5 Å². The molecular formula is C34H43N7O3. The number of hydrogen-bond acceptors (Lipinski definition) is 7. The molecule has 1 fully saturated rings. The summed E-state index contributed by atoms with van der Waals surface area (Å²) >= 11 is 0. The fourth-order valence-corrected chi connectivity index (χ4v) is 5.59. The van der Waals surface area contributed by atoms with Gasteiger partial charge in [-0.25, -0.2) is 14.8 Å². The number of amides is 1. The van der Waals surface area contributed by atoms with Crippen molar-refractivity contribution in [1.29, 1.82) is 5.41 Å². The maximum Gasteiger partial charge on any atom is 0.427 e. The van der Waals surface area contributed by atoms with E-state index in [4.69, 9.17) is 20.6 Å². The van der Waals surface area contributed by atoms with Crippen LogP contribution >= 0.6 is 0 Å². The summed E-state index contributed by atoms with van der Waals surface area (Å²) in [5, 5.41) is 9.67. The highest BCUT2D eigenvalue weighted by molar-refractivity contribution is 5.94. The van der Waals surface area contributed by atoms with Crippen LogP contribution in [0.2, 0.25) is 0 Å². The van der Waals surface area contributed by atoms with Crippen molar-refractivity contribution in [3.05, 3.63) is 95.3 Å². The summed E-state index contributed by atoms with van der Waals surface area (Å²) in [7, 11) is 0. The van der Waals surface area contributed by atoms with Gasteiger partial charge < -0.3 is 25.1 Å². The minimum atomic E-state index is -0.505. The van der Waals surface area contributed by atoms with Crippen LogP contribution in [0.15, 0.2) is 72.8 Å². The fraction of sp³-hybridized carbons (Fsp3) is 0.382. The number of H-pyrrole nitrogens is 1. The zero-order valence-electron chi connectivity index (χ0n) is 25.4. The summed E-state index contributed by atoms with van der Waals surface area (Å²) in [6.45, 7) is 6.75. The first-order valence-electron chi connectivity index (χ1n) is 15.5. The summed E-state index contributed by atoms with van der Waals surface area (Å²) < 4.78 is 11.1. The molecule has 44 heavy (non-hydrogen) atoms. The Kier molecular flexibility index (Phi) is 11.0. The van der Waals surface area contributed by atoms with E-state index in [-0.39, 0.29) is 11.9 Å². The zero-order valence-corrected chi connectivity index (χ0v) is 25.4. The van der Waals surface area contributed by atoms with E-state index in [0.717, 1.165) is 74.2 Å². The Morgan fingerprint density at radius 2 is 1.84 bits per heavy atom. The number of amidine groups is 1. The molecule has 10 heteroatoms. The highest BCUT2D eigenvalue weighted by Crippen LogP contribution is 2.21. The standard InChI is InChI=1S/C34H43N7O3/c1-2-43-22-6-9-32-37-30-17-16-29(23-31(30)38-32)44-34(42)39-41-21-20-40(19-18-25-7-4-3-5-8-25)24-28(41)15-12-26-10-13-27(14-11-26)33(35)36/h3-5,7-8,10-11,13-14,16-17,23,28H,2,6,9,12,15,18-22,24H2,1H3,(H3,35,36)(H,37,38)(H,39,42). The quantitative estimate of drug-likeness (QED) is 0.0943. The molecule has 1 aromatic heterocycles. The number of aromatic nitrogens is 2. The average molecular weight is 598 g/mol. The number of carbonyl (C=O) groups is 1. The van der Waals surface area contributed by atoms with Crippen molar-refractivity contribution in [3.8, 4) is 5.75 Å². The van der Waals surface area contributed by atoms with Crippen molar-refractivity contribution in [2.24, 2.45) is 5.73 Å². The Morgan fingerprint density at radius 1 is 1.05 bits per heavy atom. The summed E-state index contributed by atoms with van der Waals surface area (Å²) in [5.74, 6) is 1.42. The number of nitrogens with zero attached hydrogens (tertiary/aromatic N) is 3. The molecule has 0 spiro atoms. The Labute approximate surface area is 259 Å². The Bertz CT molecular complexity index is 1510. The van der Waals surface area contributed by atoms with Crippen LogP contribution in [0.1, 0.15) is 42.3 Å². The van der Waals surface area contributed by atoms with E-state index in [1.807, 2.05) is 54.4 Å². The van der Waals surface area contributed by atoms with Gasteiger partial charge in [0.2, 0.25) is 0 Å². The number of piperazine rings is 1. The second-order valence-corrected chi connectivity index (χ2v) is 11.2. The Morgan fingerprint density at radius 3 is 2.61 bits per heavy atom. The summed E-state index contributed by atoms with van der Waals surface area (Å²) in [6, 6.07) is 23.9. The van der Waals surface area contributed by atoms with Crippen LogP contribution in [0.4, 0.5) is 4.79 Å². The maximum atomic E-state index is 13.1. The van der Waals surface area contributed by atoms with Crippen LogP contribution in [0.25, 0.3) is 11.0 Å². The fourth-order valence-electron chi connectivity index (χ4n) is 5.59. The molecule has 1 aliphatic heterocycles. The number of benzene rings is 3. The molecule has 1 unspecified atom stereocenters. The molecule has 4 aromatic rings. The van der Waals surface area contributed by atoms with Crippen LogP contribution in [-0.4, -0.2) is 77.2 Å². The van der Waals surface area contributed by atoms with Crippen molar-refractivity contribution in [2.75, 3.05) is 39.4 Å². The molecule has 0 bridgehead atoms. The van der Waals surface area contributed by atoms with E-state index in [1.54, 1.807) is 6.07 Å². The molecule has 0 radical (unpaired) electrons. The molecule has 0 saturated carbocycles. The largest absolute Gasteiger partial charge is 0.427 e. The number of nitrogens with two attached hydrogens (primary N) is 1. The number of aromatic amines is 1.